The second-order valence-electron chi connectivity index (χ2n) is 7.46. The van der Waals surface area contributed by atoms with Gasteiger partial charge >= 0.3 is 6.03 Å². The van der Waals surface area contributed by atoms with Crippen molar-refractivity contribution in [3.8, 4) is 0 Å². The van der Waals surface area contributed by atoms with E-state index in [2.05, 4.69) is 24.5 Å². The molecule has 2 aromatic carbocycles. The summed E-state index contributed by atoms with van der Waals surface area (Å²) in [6, 6.07) is 12.8. The lowest BCUT2D eigenvalue weighted by Crippen LogP contribution is -2.32. The van der Waals surface area contributed by atoms with E-state index in [0.29, 0.717) is 30.3 Å². The van der Waals surface area contributed by atoms with Crippen molar-refractivity contribution in [2.24, 2.45) is 0 Å². The molecule has 6 nitrogen and oxygen atoms in total. The summed E-state index contributed by atoms with van der Waals surface area (Å²) in [4.78, 5) is 29.0. The van der Waals surface area contributed by atoms with Crippen LogP contribution in [0.2, 0.25) is 0 Å². The highest BCUT2D eigenvalue weighted by Crippen LogP contribution is 2.25. The maximum atomic E-state index is 12.9. The van der Waals surface area contributed by atoms with Gasteiger partial charge in [0.1, 0.15) is 0 Å². The minimum atomic E-state index is -0.346. The van der Waals surface area contributed by atoms with Gasteiger partial charge in [-0.2, -0.15) is 0 Å². The van der Waals surface area contributed by atoms with Gasteiger partial charge in [0.05, 0.1) is 5.56 Å². The molecule has 0 atom stereocenters. The van der Waals surface area contributed by atoms with Gasteiger partial charge in [0.2, 0.25) is 0 Å². The van der Waals surface area contributed by atoms with E-state index in [4.69, 9.17) is 0 Å². The normalized spacial score (nSPS) is 10.6. The molecule has 29 heavy (non-hydrogen) atoms. The van der Waals surface area contributed by atoms with Gasteiger partial charge in [-0.15, -0.1) is 0 Å². The first-order chi connectivity index (χ1) is 13.8. The molecule has 0 bridgehead atoms. The first-order valence-electron chi connectivity index (χ1n) is 10.0. The lowest BCUT2D eigenvalue weighted by Gasteiger charge is -2.23. The minimum Gasteiger partial charge on any atom is -0.377 e. The summed E-state index contributed by atoms with van der Waals surface area (Å²) in [6.07, 6.45) is 0. The van der Waals surface area contributed by atoms with Crippen LogP contribution in [-0.2, 0) is 0 Å². The van der Waals surface area contributed by atoms with Crippen molar-refractivity contribution in [3.05, 3.63) is 53.6 Å². The molecular formula is C23H32N4O2. The Hall–Kier alpha value is -3.02. The van der Waals surface area contributed by atoms with E-state index in [1.807, 2.05) is 63.2 Å². The molecule has 0 radical (unpaired) electrons. The number of carbonyl (C=O) groups excluding carboxylic acids is 2. The SMILES string of the molecule is CCN(CC)C(=O)c1cc(NC(=O)Nc2ccc(C(C)C)cc2)ccc1N(C)C. The molecule has 0 aliphatic carbocycles. The van der Waals surface area contributed by atoms with E-state index in [0.717, 1.165) is 11.4 Å². The van der Waals surface area contributed by atoms with Crippen LogP contribution < -0.4 is 15.5 Å². The van der Waals surface area contributed by atoms with Crippen LogP contribution in [0.1, 0.15) is 49.5 Å². The number of anilines is 3. The number of hydrogen-bond acceptors (Lipinski definition) is 3. The van der Waals surface area contributed by atoms with E-state index in [9.17, 15) is 9.59 Å². The number of nitrogens with zero attached hydrogens (tertiary/aromatic N) is 2. The van der Waals surface area contributed by atoms with Gasteiger partial charge in [-0.3, -0.25) is 4.79 Å². The zero-order valence-electron chi connectivity index (χ0n) is 18.2. The summed E-state index contributed by atoms with van der Waals surface area (Å²) < 4.78 is 0. The Morgan fingerprint density at radius 2 is 1.45 bits per heavy atom. The number of rotatable bonds is 7. The minimum absolute atomic E-state index is 0.0490. The molecule has 2 aromatic rings. The third-order valence-electron chi connectivity index (χ3n) is 4.85. The van der Waals surface area contributed by atoms with Crippen molar-refractivity contribution < 1.29 is 9.59 Å². The van der Waals surface area contributed by atoms with Gasteiger partial charge in [-0.25, -0.2) is 4.79 Å². The standard InChI is InChI=1S/C23H32N4O2/c1-7-27(8-2)22(28)20-15-19(13-14-21(20)26(5)6)25-23(29)24-18-11-9-17(10-12-18)16(3)4/h9-16H,7-8H2,1-6H3,(H2,24,25,29). The van der Waals surface area contributed by atoms with Crippen LogP contribution in [0.3, 0.4) is 0 Å². The third kappa shape index (κ3) is 5.73. The molecule has 156 valence electrons. The molecule has 0 aliphatic heterocycles. The van der Waals surface area contributed by atoms with Crippen LogP contribution in [0.4, 0.5) is 21.9 Å². The number of urea groups is 1. The Balaban J connectivity index is 2.18. The molecule has 2 N–H and O–H groups in total. The number of benzene rings is 2. The van der Waals surface area contributed by atoms with Gasteiger partial charge < -0.3 is 20.4 Å². The van der Waals surface area contributed by atoms with Crippen LogP contribution in [0.25, 0.3) is 0 Å². The van der Waals surface area contributed by atoms with Crippen molar-refractivity contribution >= 4 is 29.0 Å². The maximum Gasteiger partial charge on any atom is 0.323 e. The molecule has 0 unspecified atom stereocenters. The Bertz CT molecular complexity index is 840. The second-order valence-corrected chi connectivity index (χ2v) is 7.46. The Kier molecular flexibility index (Phi) is 7.65. The fourth-order valence-electron chi connectivity index (χ4n) is 3.10. The Morgan fingerprint density at radius 1 is 0.897 bits per heavy atom. The van der Waals surface area contributed by atoms with Crippen LogP contribution in [0, 0.1) is 0 Å². The Morgan fingerprint density at radius 3 is 1.97 bits per heavy atom. The van der Waals surface area contributed by atoms with Gasteiger partial charge in [0.15, 0.2) is 0 Å². The van der Waals surface area contributed by atoms with E-state index in [1.165, 1.54) is 5.56 Å². The van der Waals surface area contributed by atoms with E-state index < -0.39 is 0 Å². The zero-order chi connectivity index (χ0) is 21.6. The summed E-state index contributed by atoms with van der Waals surface area (Å²) in [5.74, 6) is 0.391. The smallest absolute Gasteiger partial charge is 0.323 e. The second kappa shape index (κ2) is 9.96. The topological polar surface area (TPSA) is 64.7 Å². The predicted octanol–water partition coefficient (Wildman–Crippen LogP) is 5.00. The lowest BCUT2D eigenvalue weighted by atomic mass is 10.0. The van der Waals surface area contributed by atoms with Gasteiger partial charge in [-0.05, 0) is 55.7 Å². The van der Waals surface area contributed by atoms with Gasteiger partial charge in [-0.1, -0.05) is 26.0 Å². The summed E-state index contributed by atoms with van der Waals surface area (Å²) in [5.41, 5.74) is 3.89. The quantitative estimate of drug-likeness (QED) is 0.692. The van der Waals surface area contributed by atoms with Crippen LogP contribution >= 0.6 is 0 Å². The highest BCUT2D eigenvalue weighted by atomic mass is 16.2. The molecule has 0 aromatic heterocycles. The monoisotopic (exact) mass is 396 g/mol. The molecule has 0 saturated heterocycles. The zero-order valence-corrected chi connectivity index (χ0v) is 18.2. The molecule has 3 amide bonds. The predicted molar refractivity (Wildman–Crippen MR) is 121 cm³/mol. The molecular weight excluding hydrogens is 364 g/mol. The average molecular weight is 397 g/mol. The molecule has 0 fully saturated rings. The molecule has 0 spiro atoms. The number of nitrogens with one attached hydrogen (secondary N) is 2. The first-order valence-corrected chi connectivity index (χ1v) is 10.0. The van der Waals surface area contributed by atoms with Crippen LogP contribution in [-0.4, -0.2) is 44.0 Å². The van der Waals surface area contributed by atoms with E-state index in [1.54, 1.807) is 17.0 Å². The van der Waals surface area contributed by atoms with Crippen LogP contribution in [0.5, 0.6) is 0 Å². The molecule has 0 heterocycles. The summed E-state index contributed by atoms with van der Waals surface area (Å²) in [5, 5.41) is 5.66. The van der Waals surface area contributed by atoms with E-state index >= 15 is 0 Å². The summed E-state index contributed by atoms with van der Waals surface area (Å²) >= 11 is 0. The van der Waals surface area contributed by atoms with Crippen molar-refractivity contribution in [1.82, 2.24) is 4.90 Å². The molecule has 0 saturated carbocycles. The van der Waals surface area contributed by atoms with Gasteiger partial charge in [0.25, 0.3) is 5.91 Å². The van der Waals surface area contributed by atoms with Gasteiger partial charge in [0, 0.05) is 44.2 Å². The number of hydrogen-bond donors (Lipinski definition) is 2. The fourth-order valence-corrected chi connectivity index (χ4v) is 3.10. The summed E-state index contributed by atoms with van der Waals surface area (Å²) in [7, 11) is 3.80. The Labute approximate surface area is 173 Å². The largest absolute Gasteiger partial charge is 0.377 e. The first kappa shape index (κ1) is 22.3. The molecule has 6 heteroatoms. The lowest BCUT2D eigenvalue weighted by molar-refractivity contribution is 0.0773. The summed E-state index contributed by atoms with van der Waals surface area (Å²) in [6.45, 7) is 9.43. The molecule has 0 aliphatic rings. The van der Waals surface area contributed by atoms with E-state index in [-0.39, 0.29) is 11.9 Å². The maximum absolute atomic E-state index is 12.9. The number of amides is 3. The van der Waals surface area contributed by atoms with Crippen molar-refractivity contribution in [2.75, 3.05) is 42.7 Å². The average Bonchev–Trinajstić information content (AvgIpc) is 2.68. The van der Waals surface area contributed by atoms with Crippen molar-refractivity contribution in [2.45, 2.75) is 33.6 Å². The van der Waals surface area contributed by atoms with Crippen LogP contribution in [0.15, 0.2) is 42.5 Å². The third-order valence-corrected chi connectivity index (χ3v) is 4.85. The number of carbonyl (C=O) groups is 2. The highest BCUT2D eigenvalue weighted by Gasteiger charge is 2.19. The fraction of sp³-hybridized carbons (Fsp3) is 0.391. The highest BCUT2D eigenvalue weighted by molar-refractivity contribution is 6.04. The van der Waals surface area contributed by atoms with Crippen molar-refractivity contribution in [1.29, 1.82) is 0 Å². The van der Waals surface area contributed by atoms with Crippen molar-refractivity contribution in [3.63, 3.8) is 0 Å². The molecule has 2 rings (SSSR count).